The fraction of sp³-hybridized carbons (Fsp3) is 0.280. The van der Waals surface area contributed by atoms with Crippen LogP contribution in [0, 0.1) is 16.7 Å². The van der Waals surface area contributed by atoms with Crippen LogP contribution in [0.25, 0.3) is 22.4 Å². The molecule has 0 amide bonds. The van der Waals surface area contributed by atoms with E-state index in [1.165, 1.54) is 19.2 Å². The van der Waals surface area contributed by atoms with E-state index in [1.54, 1.807) is 10.6 Å². The highest BCUT2D eigenvalue weighted by atomic mass is 19.3. The lowest BCUT2D eigenvalue weighted by atomic mass is 9.92. The van der Waals surface area contributed by atoms with E-state index in [0.717, 1.165) is 23.2 Å². The van der Waals surface area contributed by atoms with E-state index < -0.39 is 6.61 Å². The number of benzene rings is 2. The summed E-state index contributed by atoms with van der Waals surface area (Å²) >= 11 is 0. The molecule has 0 fully saturated rings. The second-order valence-corrected chi connectivity index (χ2v) is 7.93. The lowest BCUT2D eigenvalue weighted by Gasteiger charge is -2.25. The molecule has 5 rings (SSSR count). The van der Waals surface area contributed by atoms with Crippen LogP contribution in [0.5, 0.6) is 23.0 Å². The molecule has 2 aromatic carbocycles. The number of rotatable bonds is 4. The summed E-state index contributed by atoms with van der Waals surface area (Å²) in [4.78, 5) is 0. The van der Waals surface area contributed by atoms with Gasteiger partial charge in [-0.1, -0.05) is 6.07 Å². The fourth-order valence-corrected chi connectivity index (χ4v) is 4.42. The van der Waals surface area contributed by atoms with Gasteiger partial charge >= 0.3 is 6.61 Å². The van der Waals surface area contributed by atoms with E-state index in [9.17, 15) is 14.0 Å². The number of nitriles is 1. The number of aryl methyl sites for hydroxylation is 1. The predicted molar refractivity (Wildman–Crippen MR) is 118 cm³/mol. The van der Waals surface area contributed by atoms with Gasteiger partial charge in [0.05, 0.1) is 26.0 Å². The number of aromatic nitrogens is 1. The monoisotopic (exact) mass is 465 g/mol. The molecule has 0 saturated carbocycles. The zero-order valence-electron chi connectivity index (χ0n) is 18.4. The van der Waals surface area contributed by atoms with Crippen LogP contribution in [0.2, 0.25) is 0 Å². The first-order valence-corrected chi connectivity index (χ1v) is 10.8. The van der Waals surface area contributed by atoms with Gasteiger partial charge in [-0.25, -0.2) is 0 Å². The molecule has 0 bridgehead atoms. The molecule has 9 heteroatoms. The molecule has 0 saturated heterocycles. The van der Waals surface area contributed by atoms with E-state index >= 15 is 0 Å². The van der Waals surface area contributed by atoms with Crippen LogP contribution >= 0.6 is 0 Å². The Kier molecular flexibility index (Phi) is 5.57. The summed E-state index contributed by atoms with van der Waals surface area (Å²) < 4.78 is 48.7. The second-order valence-electron chi connectivity index (χ2n) is 7.93. The van der Waals surface area contributed by atoms with Crippen LogP contribution in [-0.4, -0.2) is 31.5 Å². The molecule has 34 heavy (non-hydrogen) atoms. The molecule has 2 aliphatic heterocycles. The first-order valence-electron chi connectivity index (χ1n) is 10.8. The quantitative estimate of drug-likeness (QED) is 0.613. The predicted octanol–water partition coefficient (Wildman–Crippen LogP) is 4.50. The smallest absolute Gasteiger partial charge is 0.387 e. The molecule has 3 heterocycles. The first kappa shape index (κ1) is 21.8. The van der Waals surface area contributed by atoms with Gasteiger partial charge in [0, 0.05) is 24.1 Å². The van der Waals surface area contributed by atoms with Gasteiger partial charge in [0.25, 0.3) is 0 Å². The number of nitrogens with one attached hydrogen (secondary N) is 1. The van der Waals surface area contributed by atoms with Gasteiger partial charge in [-0.05, 0) is 47.9 Å². The lowest BCUT2D eigenvalue weighted by Crippen LogP contribution is -2.28. The number of alkyl halides is 2. The van der Waals surface area contributed by atoms with E-state index in [0.29, 0.717) is 48.8 Å². The third-order valence-corrected chi connectivity index (χ3v) is 6.00. The second kappa shape index (κ2) is 8.71. The van der Waals surface area contributed by atoms with Gasteiger partial charge in [0.15, 0.2) is 23.0 Å². The highest BCUT2D eigenvalue weighted by molar-refractivity contribution is 5.79. The van der Waals surface area contributed by atoms with Crippen LogP contribution in [0.3, 0.4) is 0 Å². The average Bonchev–Trinajstić information content (AvgIpc) is 3.07. The third kappa shape index (κ3) is 3.71. The molecule has 1 aromatic heterocycles. The molecule has 0 atom stereocenters. The van der Waals surface area contributed by atoms with Crippen molar-refractivity contribution in [3.63, 3.8) is 0 Å². The molecule has 0 unspecified atom stereocenters. The van der Waals surface area contributed by atoms with Crippen LogP contribution < -0.4 is 24.4 Å². The maximum absolute atomic E-state index is 12.7. The number of pyridine rings is 1. The van der Waals surface area contributed by atoms with Crippen molar-refractivity contribution in [1.29, 1.82) is 10.7 Å². The number of ether oxygens (including phenoxy) is 4. The molecule has 1 N–H and O–H groups in total. The van der Waals surface area contributed by atoms with E-state index in [2.05, 4.69) is 10.8 Å². The van der Waals surface area contributed by atoms with E-state index in [4.69, 9.17) is 19.6 Å². The minimum atomic E-state index is -2.99. The normalized spacial score (nSPS) is 14.0. The number of halogens is 2. The molecular formula is C25H21F2N3O4. The molecule has 0 aliphatic carbocycles. The van der Waals surface area contributed by atoms with Crippen molar-refractivity contribution in [2.45, 2.75) is 26.0 Å². The highest BCUT2D eigenvalue weighted by Crippen LogP contribution is 2.41. The van der Waals surface area contributed by atoms with Crippen LogP contribution in [-0.2, 0) is 13.0 Å². The summed E-state index contributed by atoms with van der Waals surface area (Å²) in [7, 11) is 1.35. The van der Waals surface area contributed by atoms with E-state index in [1.807, 2.05) is 18.2 Å². The zero-order valence-corrected chi connectivity index (χ0v) is 18.4. The molecular weight excluding hydrogens is 444 g/mol. The summed E-state index contributed by atoms with van der Waals surface area (Å²) in [5.74, 6) is 1.36. The van der Waals surface area contributed by atoms with Crippen LogP contribution in [0.4, 0.5) is 8.78 Å². The molecule has 0 spiro atoms. The average molecular weight is 465 g/mol. The van der Waals surface area contributed by atoms with Crippen molar-refractivity contribution in [3.8, 4) is 51.5 Å². The molecule has 7 nitrogen and oxygen atoms in total. The molecule has 0 radical (unpaired) electrons. The van der Waals surface area contributed by atoms with Gasteiger partial charge in [0.2, 0.25) is 0 Å². The standard InChI is InChI=1S/C25H21F2N3O4/c1-31-21-9-14(3-4-20(21)34-25(26)27)16-11-19-17-12-23-22(32-7-2-8-33-23)10-15(17)5-6-30(19)24(29)18(16)13-28/h3-4,9-12,25,29H,2,5-8H2,1H3. The Labute approximate surface area is 194 Å². The fourth-order valence-electron chi connectivity index (χ4n) is 4.42. The maximum Gasteiger partial charge on any atom is 0.387 e. The van der Waals surface area contributed by atoms with Crippen molar-refractivity contribution in [1.82, 2.24) is 4.57 Å². The topological polar surface area (TPSA) is 89.5 Å². The molecule has 3 aromatic rings. The highest BCUT2D eigenvalue weighted by Gasteiger charge is 2.24. The largest absolute Gasteiger partial charge is 0.493 e. The van der Waals surface area contributed by atoms with Gasteiger partial charge in [-0.15, -0.1) is 0 Å². The van der Waals surface area contributed by atoms with Crippen molar-refractivity contribution in [2.75, 3.05) is 20.3 Å². The minimum Gasteiger partial charge on any atom is -0.493 e. The van der Waals surface area contributed by atoms with Crippen LogP contribution in [0.15, 0.2) is 36.4 Å². The SMILES string of the molecule is COc1cc(-c2cc3n(c(=N)c2C#N)CCc2cc4c(cc2-3)OCCCO4)ccc1OC(F)F. The summed E-state index contributed by atoms with van der Waals surface area (Å²) in [6, 6.07) is 12.4. The van der Waals surface area contributed by atoms with Gasteiger partial charge in [-0.3, -0.25) is 5.41 Å². The Morgan fingerprint density at radius 1 is 1.06 bits per heavy atom. The zero-order chi connectivity index (χ0) is 23.8. The summed E-state index contributed by atoms with van der Waals surface area (Å²) in [5, 5.41) is 18.6. The third-order valence-electron chi connectivity index (χ3n) is 6.00. The number of hydrogen-bond acceptors (Lipinski definition) is 6. The summed E-state index contributed by atoms with van der Waals surface area (Å²) in [5.41, 5.74) is 4.06. The van der Waals surface area contributed by atoms with Gasteiger partial charge < -0.3 is 23.5 Å². The van der Waals surface area contributed by atoms with Crippen molar-refractivity contribution in [3.05, 3.63) is 53.0 Å². The molecule has 174 valence electrons. The van der Waals surface area contributed by atoms with Crippen LogP contribution in [0.1, 0.15) is 17.5 Å². The Morgan fingerprint density at radius 2 is 1.82 bits per heavy atom. The van der Waals surface area contributed by atoms with Crippen molar-refractivity contribution >= 4 is 0 Å². The lowest BCUT2D eigenvalue weighted by molar-refractivity contribution is -0.0512. The Bertz CT molecular complexity index is 1380. The van der Waals surface area contributed by atoms with Gasteiger partial charge in [-0.2, -0.15) is 14.0 Å². The maximum atomic E-state index is 12.7. The molecule has 2 aliphatic rings. The van der Waals surface area contributed by atoms with Crippen molar-refractivity contribution in [2.24, 2.45) is 0 Å². The summed E-state index contributed by atoms with van der Waals surface area (Å²) in [6.45, 7) is -1.30. The number of hydrogen-bond donors (Lipinski definition) is 1. The Morgan fingerprint density at radius 3 is 2.53 bits per heavy atom. The minimum absolute atomic E-state index is 0.0830. The number of fused-ring (bicyclic) bond motifs is 4. The summed E-state index contributed by atoms with van der Waals surface area (Å²) in [6.07, 6.45) is 1.48. The van der Waals surface area contributed by atoms with Gasteiger partial charge in [0.1, 0.15) is 17.1 Å². The number of nitrogens with zero attached hydrogens (tertiary/aromatic N) is 2. The Balaban J connectivity index is 1.69. The van der Waals surface area contributed by atoms with E-state index in [-0.39, 0.29) is 22.6 Å². The Hall–Kier alpha value is -4.06. The number of methoxy groups -OCH3 is 1. The first-order chi connectivity index (χ1) is 16.5. The van der Waals surface area contributed by atoms with Crippen molar-refractivity contribution < 1.29 is 27.7 Å².